The Morgan fingerprint density at radius 3 is 2.56 bits per heavy atom. The number of hydrogen-bond donors (Lipinski definition) is 0. The van der Waals surface area contributed by atoms with Crippen molar-refractivity contribution in [1.29, 1.82) is 0 Å². The van der Waals surface area contributed by atoms with Gasteiger partial charge in [-0.1, -0.05) is 0 Å². The topological polar surface area (TPSA) is 9.23 Å². The molecule has 0 spiro atoms. The Labute approximate surface area is 108 Å². The molecule has 88 valence electrons. The molecule has 0 aromatic rings. The molecule has 0 fully saturated rings. The van der Waals surface area contributed by atoms with Crippen molar-refractivity contribution in [2.24, 2.45) is 11.8 Å². The van der Waals surface area contributed by atoms with Gasteiger partial charge in [-0.2, -0.15) is 0 Å². The average Bonchev–Trinajstić information content (AvgIpc) is 2.74. The molecule has 2 atom stereocenters. The molecule has 2 aliphatic carbocycles. The summed E-state index contributed by atoms with van der Waals surface area (Å²) in [5, 5.41) is 1.71. The predicted molar refractivity (Wildman–Crippen MR) is 67.7 cm³/mol. The third kappa shape index (κ3) is 2.07. The Bertz CT molecular complexity index is 376. The van der Waals surface area contributed by atoms with Crippen molar-refractivity contribution in [2.75, 3.05) is 6.61 Å². The van der Waals surface area contributed by atoms with Crippen LogP contribution in [0.3, 0.4) is 0 Å². The minimum atomic E-state index is -1.23. The second kappa shape index (κ2) is 4.38. The zero-order valence-corrected chi connectivity index (χ0v) is 12.8. The van der Waals surface area contributed by atoms with Gasteiger partial charge < -0.3 is 0 Å². The van der Waals surface area contributed by atoms with Gasteiger partial charge in [-0.05, 0) is 0 Å². The molecule has 0 saturated heterocycles. The summed E-state index contributed by atoms with van der Waals surface area (Å²) >= 11 is 3.13. The minimum absolute atomic E-state index is 0.620. The van der Waals surface area contributed by atoms with Crippen LogP contribution in [0.5, 0.6) is 0 Å². The van der Waals surface area contributed by atoms with Crippen molar-refractivity contribution in [3.63, 3.8) is 0 Å². The third-order valence-corrected chi connectivity index (χ3v) is 6.20. The van der Waals surface area contributed by atoms with Crippen LogP contribution < -0.4 is 0 Å². The Kier molecular flexibility index (Phi) is 3.43. The normalized spacial score (nSPS) is 28.0. The number of hydrogen-bond acceptors (Lipinski definition) is 1. The van der Waals surface area contributed by atoms with E-state index < -0.39 is 8.07 Å². The molecule has 0 amide bonds. The van der Waals surface area contributed by atoms with Crippen LogP contribution in [0, 0.1) is 11.8 Å². The molecule has 0 aromatic heterocycles. The molecule has 2 rings (SSSR count). The Morgan fingerprint density at radius 1 is 1.38 bits per heavy atom. The number of fused-ring (bicyclic) bond motifs is 2. The SMILES string of the molecule is CCO[C](=[Cr])C1=C([Si](C)(C)C)C2C=CC1C2. The second-order valence-electron chi connectivity index (χ2n) is 5.63. The Hall–Kier alpha value is 0.0594. The first-order valence-corrected chi connectivity index (χ1v) is 10.2. The molecule has 3 heteroatoms. The van der Waals surface area contributed by atoms with Crippen molar-refractivity contribution in [3.05, 3.63) is 22.9 Å². The fourth-order valence-electron chi connectivity index (χ4n) is 2.96. The van der Waals surface area contributed by atoms with E-state index in [9.17, 15) is 0 Å². The van der Waals surface area contributed by atoms with E-state index >= 15 is 0 Å². The zero-order chi connectivity index (χ0) is 11.9. The summed E-state index contributed by atoms with van der Waals surface area (Å²) in [5.41, 5.74) is 1.49. The van der Waals surface area contributed by atoms with E-state index in [4.69, 9.17) is 4.74 Å². The second-order valence-corrected chi connectivity index (χ2v) is 11.2. The molecule has 1 nitrogen and oxygen atoms in total. The average molecular weight is 272 g/mol. The fourth-order valence-corrected chi connectivity index (χ4v) is 6.13. The Morgan fingerprint density at radius 2 is 2.00 bits per heavy atom. The first kappa shape index (κ1) is 12.5. The molecule has 0 N–H and O–H groups in total. The maximum absolute atomic E-state index is 5.70. The van der Waals surface area contributed by atoms with Gasteiger partial charge in [-0.15, -0.1) is 0 Å². The van der Waals surface area contributed by atoms with Gasteiger partial charge in [0, 0.05) is 0 Å². The molecule has 2 bridgehead atoms. The van der Waals surface area contributed by atoms with Gasteiger partial charge in [0.15, 0.2) is 0 Å². The van der Waals surface area contributed by atoms with Gasteiger partial charge in [0.25, 0.3) is 0 Å². The summed E-state index contributed by atoms with van der Waals surface area (Å²) in [6.45, 7) is 10.1. The summed E-state index contributed by atoms with van der Waals surface area (Å²) in [6.07, 6.45) is 6.05. The molecule has 0 aromatic carbocycles. The maximum atomic E-state index is 5.70. The summed E-state index contributed by atoms with van der Waals surface area (Å²) < 4.78 is 6.75. The van der Waals surface area contributed by atoms with E-state index in [0.29, 0.717) is 11.8 Å². The van der Waals surface area contributed by atoms with Gasteiger partial charge in [-0.3, -0.25) is 0 Å². The molecule has 0 saturated carbocycles. The van der Waals surface area contributed by atoms with Crippen molar-refractivity contribution < 1.29 is 20.6 Å². The molecule has 2 unspecified atom stereocenters. The van der Waals surface area contributed by atoms with Crippen LogP contribution >= 0.6 is 0 Å². The fraction of sp³-hybridized carbons (Fsp3) is 0.615. The summed E-state index contributed by atoms with van der Waals surface area (Å²) in [7, 11) is -1.23. The number of rotatable bonds is 4. The number of allylic oxidation sites excluding steroid dienone is 3. The Balaban J connectivity index is 2.37. The summed E-state index contributed by atoms with van der Waals surface area (Å²) in [5.74, 6) is 1.32. The van der Waals surface area contributed by atoms with Crippen LogP contribution in [-0.4, -0.2) is 19.2 Å². The molecule has 0 radical (unpaired) electrons. The van der Waals surface area contributed by atoms with E-state index in [1.165, 1.54) is 12.0 Å². The van der Waals surface area contributed by atoms with Crippen molar-refractivity contribution in [2.45, 2.75) is 33.0 Å². The van der Waals surface area contributed by atoms with Gasteiger partial charge >= 0.3 is 108 Å². The van der Waals surface area contributed by atoms with E-state index in [1.54, 1.807) is 5.20 Å². The zero-order valence-electron chi connectivity index (χ0n) is 10.5. The van der Waals surface area contributed by atoms with Crippen LogP contribution in [0.15, 0.2) is 22.9 Å². The third-order valence-electron chi connectivity index (χ3n) is 3.42. The van der Waals surface area contributed by atoms with Crippen molar-refractivity contribution >= 4 is 12.6 Å². The van der Waals surface area contributed by atoms with Crippen LogP contribution in [0.25, 0.3) is 0 Å². The van der Waals surface area contributed by atoms with Gasteiger partial charge in [0.05, 0.1) is 0 Å². The van der Waals surface area contributed by atoms with Crippen LogP contribution in [-0.2, 0) is 20.6 Å². The first-order chi connectivity index (χ1) is 7.45. The van der Waals surface area contributed by atoms with E-state index in [0.717, 1.165) is 11.2 Å². The molecule has 0 aliphatic heterocycles. The van der Waals surface area contributed by atoms with Crippen LogP contribution in [0.4, 0.5) is 0 Å². The van der Waals surface area contributed by atoms with Gasteiger partial charge in [0.1, 0.15) is 0 Å². The van der Waals surface area contributed by atoms with E-state index in [2.05, 4.69) is 54.6 Å². The van der Waals surface area contributed by atoms with Crippen molar-refractivity contribution in [3.8, 4) is 0 Å². The standard InChI is InChI=1S/C13H20OSi.Cr/c1-5-14-9-12-10-6-7-11(8-10)13(12)15(2,3)4;/h6-7,10-11H,5,8H2,1-4H3;. The van der Waals surface area contributed by atoms with Gasteiger partial charge in [0.2, 0.25) is 0 Å². The van der Waals surface area contributed by atoms with E-state index in [-0.39, 0.29) is 0 Å². The molecule has 2 aliphatic rings. The van der Waals surface area contributed by atoms with Crippen LogP contribution in [0.1, 0.15) is 13.3 Å². The van der Waals surface area contributed by atoms with Gasteiger partial charge in [-0.25, -0.2) is 0 Å². The summed E-state index contributed by atoms with van der Waals surface area (Å²) in [4.78, 5) is 0. The quantitative estimate of drug-likeness (QED) is 0.564. The van der Waals surface area contributed by atoms with Crippen LogP contribution in [0.2, 0.25) is 19.6 Å². The number of ether oxygens (including phenoxy) is 1. The molecular formula is C13H20CrOSi. The first-order valence-electron chi connectivity index (χ1n) is 6.05. The predicted octanol–water partition coefficient (Wildman–Crippen LogP) is 3.08. The van der Waals surface area contributed by atoms with Crippen molar-refractivity contribution in [1.82, 2.24) is 0 Å². The van der Waals surface area contributed by atoms with E-state index in [1.807, 2.05) is 0 Å². The summed E-state index contributed by atoms with van der Waals surface area (Å²) in [6, 6.07) is 0. The molecular weight excluding hydrogens is 252 g/mol. The molecule has 16 heavy (non-hydrogen) atoms. The molecule has 0 heterocycles. The monoisotopic (exact) mass is 272 g/mol.